The molecule has 1 atom stereocenters. The van der Waals surface area contributed by atoms with Crippen molar-refractivity contribution in [3.05, 3.63) is 92.4 Å². The molecule has 0 aliphatic carbocycles. The molecule has 6 heteroatoms. The van der Waals surface area contributed by atoms with Gasteiger partial charge in [0.25, 0.3) is 0 Å². The van der Waals surface area contributed by atoms with Crippen molar-refractivity contribution in [1.82, 2.24) is 0 Å². The van der Waals surface area contributed by atoms with Crippen LogP contribution < -0.4 is 10.1 Å². The van der Waals surface area contributed by atoms with Gasteiger partial charge in [0.1, 0.15) is 5.75 Å². The standard InChI is InChI=1S/C22H18BrCl2NO2/c1-28-18-9-7-17(8-10-18)26-21(15-4-11-19(24)20(25)12-15)13-22(27)14-2-5-16(23)6-3-14/h2-12,21,26H,13H2,1H3. The molecule has 3 aromatic carbocycles. The van der Waals surface area contributed by atoms with Gasteiger partial charge in [-0.1, -0.05) is 57.3 Å². The first-order valence-electron chi connectivity index (χ1n) is 8.60. The third-order valence-electron chi connectivity index (χ3n) is 4.33. The molecule has 3 rings (SSSR count). The summed E-state index contributed by atoms with van der Waals surface area (Å²) in [5, 5.41) is 4.35. The topological polar surface area (TPSA) is 38.3 Å². The van der Waals surface area contributed by atoms with E-state index in [0.29, 0.717) is 15.6 Å². The fourth-order valence-corrected chi connectivity index (χ4v) is 3.38. The highest BCUT2D eigenvalue weighted by atomic mass is 79.9. The summed E-state index contributed by atoms with van der Waals surface area (Å²) < 4.78 is 6.13. The highest BCUT2D eigenvalue weighted by Crippen LogP contribution is 2.30. The van der Waals surface area contributed by atoms with Gasteiger partial charge in [0.2, 0.25) is 0 Å². The first-order valence-corrected chi connectivity index (χ1v) is 10.2. The van der Waals surface area contributed by atoms with E-state index in [1.54, 1.807) is 19.2 Å². The van der Waals surface area contributed by atoms with Crippen LogP contribution in [-0.4, -0.2) is 12.9 Å². The van der Waals surface area contributed by atoms with Crippen molar-refractivity contribution in [2.45, 2.75) is 12.5 Å². The molecule has 0 radical (unpaired) electrons. The van der Waals surface area contributed by atoms with E-state index >= 15 is 0 Å². The molecule has 3 nitrogen and oxygen atoms in total. The molecular weight excluding hydrogens is 461 g/mol. The van der Waals surface area contributed by atoms with Crippen LogP contribution in [0.5, 0.6) is 5.75 Å². The number of anilines is 1. The number of rotatable bonds is 7. The number of nitrogens with one attached hydrogen (secondary N) is 1. The summed E-state index contributed by atoms with van der Waals surface area (Å²) in [5.74, 6) is 0.798. The Balaban J connectivity index is 1.87. The second-order valence-electron chi connectivity index (χ2n) is 6.23. The predicted octanol–water partition coefficient (Wildman–Crippen LogP) is 7.19. The molecule has 0 amide bonds. The Morgan fingerprint density at radius 3 is 2.29 bits per heavy atom. The summed E-state index contributed by atoms with van der Waals surface area (Å²) >= 11 is 15.7. The summed E-state index contributed by atoms with van der Waals surface area (Å²) in [7, 11) is 1.62. The van der Waals surface area contributed by atoms with Crippen LogP contribution in [0.4, 0.5) is 5.69 Å². The third-order valence-corrected chi connectivity index (χ3v) is 5.60. The number of ether oxygens (including phenoxy) is 1. The molecule has 0 fully saturated rings. The minimum atomic E-state index is -0.265. The lowest BCUT2D eigenvalue weighted by Crippen LogP contribution is -2.16. The molecule has 1 N–H and O–H groups in total. The summed E-state index contributed by atoms with van der Waals surface area (Å²) in [6.45, 7) is 0. The minimum absolute atomic E-state index is 0.0320. The lowest BCUT2D eigenvalue weighted by Gasteiger charge is -2.21. The Morgan fingerprint density at radius 2 is 1.68 bits per heavy atom. The van der Waals surface area contributed by atoms with Gasteiger partial charge < -0.3 is 10.1 Å². The number of benzene rings is 3. The zero-order chi connectivity index (χ0) is 20.1. The molecule has 0 bridgehead atoms. The van der Waals surface area contributed by atoms with Gasteiger partial charge in [-0.05, 0) is 54.1 Å². The molecular formula is C22H18BrCl2NO2. The van der Waals surface area contributed by atoms with E-state index in [1.807, 2.05) is 54.6 Å². The molecule has 0 saturated carbocycles. The predicted molar refractivity (Wildman–Crippen MR) is 119 cm³/mol. The normalized spacial score (nSPS) is 11.7. The largest absolute Gasteiger partial charge is 0.497 e. The van der Waals surface area contributed by atoms with Gasteiger partial charge in [-0.2, -0.15) is 0 Å². The van der Waals surface area contributed by atoms with E-state index in [9.17, 15) is 4.79 Å². The van der Waals surface area contributed by atoms with Crippen molar-refractivity contribution in [1.29, 1.82) is 0 Å². The van der Waals surface area contributed by atoms with Gasteiger partial charge in [-0.25, -0.2) is 0 Å². The molecule has 0 heterocycles. The molecule has 0 saturated heterocycles. The van der Waals surface area contributed by atoms with Crippen molar-refractivity contribution < 1.29 is 9.53 Å². The maximum absolute atomic E-state index is 12.8. The Bertz CT molecular complexity index is 959. The number of carbonyl (C=O) groups is 1. The second-order valence-corrected chi connectivity index (χ2v) is 7.96. The van der Waals surface area contributed by atoms with Crippen molar-refractivity contribution >= 4 is 50.6 Å². The van der Waals surface area contributed by atoms with Crippen LogP contribution in [0, 0.1) is 0 Å². The van der Waals surface area contributed by atoms with Gasteiger partial charge in [-0.15, -0.1) is 0 Å². The summed E-state index contributed by atoms with van der Waals surface area (Å²) in [5.41, 5.74) is 2.42. The van der Waals surface area contributed by atoms with Crippen LogP contribution in [0.2, 0.25) is 10.0 Å². The van der Waals surface area contributed by atoms with Crippen molar-refractivity contribution in [2.75, 3.05) is 12.4 Å². The van der Waals surface area contributed by atoms with E-state index in [2.05, 4.69) is 21.2 Å². The lowest BCUT2D eigenvalue weighted by molar-refractivity contribution is 0.0976. The highest BCUT2D eigenvalue weighted by molar-refractivity contribution is 9.10. The van der Waals surface area contributed by atoms with E-state index < -0.39 is 0 Å². The average molecular weight is 479 g/mol. The fourth-order valence-electron chi connectivity index (χ4n) is 2.81. The number of halogens is 3. The lowest BCUT2D eigenvalue weighted by atomic mass is 9.97. The summed E-state index contributed by atoms with van der Waals surface area (Å²) in [6.07, 6.45) is 0.269. The maximum Gasteiger partial charge on any atom is 0.165 e. The first kappa shape index (κ1) is 20.7. The molecule has 0 aliphatic heterocycles. The van der Waals surface area contributed by atoms with Crippen LogP contribution in [-0.2, 0) is 0 Å². The minimum Gasteiger partial charge on any atom is -0.497 e. The number of Topliss-reactive ketones (excluding diaryl/α,β-unsaturated/α-hetero) is 1. The van der Waals surface area contributed by atoms with Gasteiger partial charge in [0.05, 0.1) is 23.2 Å². The highest BCUT2D eigenvalue weighted by Gasteiger charge is 2.18. The van der Waals surface area contributed by atoms with E-state index in [0.717, 1.165) is 21.5 Å². The van der Waals surface area contributed by atoms with Gasteiger partial charge in [0, 0.05) is 22.1 Å². The van der Waals surface area contributed by atoms with E-state index in [4.69, 9.17) is 27.9 Å². The van der Waals surface area contributed by atoms with Crippen molar-refractivity contribution in [2.24, 2.45) is 0 Å². The van der Waals surface area contributed by atoms with Crippen LogP contribution in [0.1, 0.15) is 28.4 Å². The Hall–Kier alpha value is -2.01. The zero-order valence-electron chi connectivity index (χ0n) is 15.1. The Morgan fingerprint density at radius 1 is 1.00 bits per heavy atom. The molecule has 1 unspecified atom stereocenters. The smallest absolute Gasteiger partial charge is 0.165 e. The number of carbonyl (C=O) groups excluding carboxylic acids is 1. The first-order chi connectivity index (χ1) is 13.5. The van der Waals surface area contributed by atoms with Gasteiger partial charge >= 0.3 is 0 Å². The SMILES string of the molecule is COc1ccc(NC(CC(=O)c2ccc(Br)cc2)c2ccc(Cl)c(Cl)c2)cc1. The molecule has 0 spiro atoms. The van der Waals surface area contributed by atoms with E-state index in [1.165, 1.54) is 0 Å². The van der Waals surface area contributed by atoms with E-state index in [-0.39, 0.29) is 18.2 Å². The second kappa shape index (κ2) is 9.46. The van der Waals surface area contributed by atoms with Crippen LogP contribution >= 0.6 is 39.1 Å². The molecule has 0 aromatic heterocycles. The molecule has 144 valence electrons. The summed E-state index contributed by atoms with van der Waals surface area (Å²) in [4.78, 5) is 12.8. The molecule has 0 aliphatic rings. The maximum atomic E-state index is 12.8. The number of ketones is 1. The number of methoxy groups -OCH3 is 1. The van der Waals surface area contributed by atoms with Crippen molar-refractivity contribution in [3.63, 3.8) is 0 Å². The third kappa shape index (κ3) is 5.28. The monoisotopic (exact) mass is 477 g/mol. The number of hydrogen-bond donors (Lipinski definition) is 1. The zero-order valence-corrected chi connectivity index (χ0v) is 18.2. The quantitative estimate of drug-likeness (QED) is 0.365. The van der Waals surface area contributed by atoms with Crippen molar-refractivity contribution in [3.8, 4) is 5.75 Å². The van der Waals surface area contributed by atoms with Gasteiger partial charge in [-0.3, -0.25) is 4.79 Å². The Labute approximate surface area is 182 Å². The molecule has 3 aromatic rings. The molecule has 28 heavy (non-hydrogen) atoms. The fraction of sp³-hybridized carbons (Fsp3) is 0.136. The van der Waals surface area contributed by atoms with Crippen LogP contribution in [0.25, 0.3) is 0 Å². The summed E-state index contributed by atoms with van der Waals surface area (Å²) in [6, 6.07) is 20.0. The number of hydrogen-bond acceptors (Lipinski definition) is 3. The Kier molecular flexibility index (Phi) is 7.00. The van der Waals surface area contributed by atoms with Crippen LogP contribution in [0.3, 0.4) is 0 Å². The van der Waals surface area contributed by atoms with Crippen LogP contribution in [0.15, 0.2) is 71.2 Å². The average Bonchev–Trinajstić information content (AvgIpc) is 2.70. The van der Waals surface area contributed by atoms with Gasteiger partial charge in [0.15, 0.2) is 5.78 Å².